The Hall–Kier alpha value is -2.43. The molecule has 2 aromatic rings. The minimum absolute atomic E-state index is 0.0752. The smallest absolute Gasteiger partial charge is 0.255 e. The van der Waals surface area contributed by atoms with Gasteiger partial charge in [-0.25, -0.2) is 0 Å². The number of H-pyrrole nitrogens is 1. The van der Waals surface area contributed by atoms with Gasteiger partial charge in [0, 0.05) is 25.0 Å². The van der Waals surface area contributed by atoms with Gasteiger partial charge in [-0.1, -0.05) is 13.0 Å². The Bertz CT molecular complexity index is 798. The summed E-state index contributed by atoms with van der Waals surface area (Å²) in [6, 6.07) is 8.04. The number of nitrogens with one attached hydrogen (secondary N) is 1. The largest absolute Gasteiger partial charge is 0.454 e. The average Bonchev–Trinajstić information content (AvgIpc) is 3.22. The number of carbonyl (C=O) groups excluding carboxylic acids is 1. The summed E-state index contributed by atoms with van der Waals surface area (Å²) >= 11 is 0. The number of fused-ring (bicyclic) bond motifs is 1. The summed E-state index contributed by atoms with van der Waals surface area (Å²) in [6.07, 6.45) is 4.92. The first-order chi connectivity index (χ1) is 12.0. The van der Waals surface area contributed by atoms with Crippen LogP contribution in [0.2, 0.25) is 0 Å². The molecule has 1 amide bonds. The molecule has 132 valence electrons. The van der Waals surface area contributed by atoms with E-state index in [0.29, 0.717) is 6.79 Å². The first-order valence-electron chi connectivity index (χ1n) is 8.86. The third-order valence-corrected chi connectivity index (χ3v) is 5.32. The molecule has 0 saturated carbocycles. The molecule has 1 atom stereocenters. The summed E-state index contributed by atoms with van der Waals surface area (Å²) in [7, 11) is 0. The predicted molar refractivity (Wildman–Crippen MR) is 95.0 cm³/mol. The van der Waals surface area contributed by atoms with E-state index in [-0.39, 0.29) is 11.3 Å². The van der Waals surface area contributed by atoms with E-state index in [0.717, 1.165) is 55.1 Å². The van der Waals surface area contributed by atoms with Gasteiger partial charge in [0.05, 0.1) is 5.56 Å². The minimum atomic E-state index is 0.0752. The molecule has 1 aromatic heterocycles. The number of hydrogen-bond donors (Lipinski definition) is 1. The first-order valence-corrected chi connectivity index (χ1v) is 8.86. The average molecular weight is 340 g/mol. The number of amides is 1. The third-order valence-electron chi connectivity index (χ3n) is 5.32. The van der Waals surface area contributed by atoms with Crippen molar-refractivity contribution < 1.29 is 14.3 Å². The van der Waals surface area contributed by atoms with Crippen molar-refractivity contribution in [3.63, 3.8) is 0 Å². The molecular formula is C20H24N2O3. The van der Waals surface area contributed by atoms with Crippen LogP contribution in [0.25, 0.3) is 0 Å². The Balaban J connectivity index is 1.49. The second kappa shape index (κ2) is 6.14. The Labute approximate surface area is 147 Å². The highest BCUT2D eigenvalue weighted by Crippen LogP contribution is 2.38. The Morgan fingerprint density at radius 3 is 2.92 bits per heavy atom. The van der Waals surface area contributed by atoms with Crippen LogP contribution in [0.5, 0.6) is 11.5 Å². The number of piperidine rings is 1. The Kier molecular flexibility index (Phi) is 3.94. The Morgan fingerprint density at radius 1 is 1.28 bits per heavy atom. The summed E-state index contributed by atoms with van der Waals surface area (Å²) in [6.45, 7) is 6.14. The molecule has 0 radical (unpaired) electrons. The van der Waals surface area contributed by atoms with Crippen LogP contribution in [-0.2, 0) is 6.42 Å². The minimum Gasteiger partial charge on any atom is -0.454 e. The fraction of sp³-hybridized carbons (Fsp3) is 0.450. The highest BCUT2D eigenvalue weighted by atomic mass is 16.7. The topological polar surface area (TPSA) is 54.6 Å². The fourth-order valence-corrected chi connectivity index (χ4v) is 4.03. The zero-order valence-corrected chi connectivity index (χ0v) is 14.8. The van der Waals surface area contributed by atoms with Gasteiger partial charge in [0.15, 0.2) is 11.5 Å². The van der Waals surface area contributed by atoms with Crippen molar-refractivity contribution in [3.05, 3.63) is 47.3 Å². The molecule has 4 rings (SSSR count). The SMILES string of the molecule is Cc1[nH]ccc1C(=O)N1CCCC(C)(Cc2ccc3c(c2)OCO3)C1. The van der Waals surface area contributed by atoms with E-state index in [1.165, 1.54) is 5.56 Å². The number of nitrogens with zero attached hydrogens (tertiary/aromatic N) is 1. The van der Waals surface area contributed by atoms with Crippen LogP contribution in [0.3, 0.4) is 0 Å². The van der Waals surface area contributed by atoms with Crippen molar-refractivity contribution in [1.82, 2.24) is 9.88 Å². The number of hydrogen-bond acceptors (Lipinski definition) is 3. The molecule has 5 heteroatoms. The quantitative estimate of drug-likeness (QED) is 0.930. The molecule has 0 aliphatic carbocycles. The van der Waals surface area contributed by atoms with Crippen molar-refractivity contribution >= 4 is 5.91 Å². The first kappa shape index (κ1) is 16.1. The summed E-state index contributed by atoms with van der Waals surface area (Å²) in [5, 5.41) is 0. The monoisotopic (exact) mass is 340 g/mol. The normalized spacial score (nSPS) is 22.2. The summed E-state index contributed by atoms with van der Waals surface area (Å²) in [5.41, 5.74) is 3.03. The zero-order chi connectivity index (χ0) is 17.4. The number of carbonyl (C=O) groups is 1. The number of aromatic nitrogens is 1. The van der Waals surface area contributed by atoms with Crippen LogP contribution in [0.4, 0.5) is 0 Å². The van der Waals surface area contributed by atoms with E-state index in [2.05, 4.69) is 24.0 Å². The van der Waals surface area contributed by atoms with Crippen LogP contribution in [0.15, 0.2) is 30.5 Å². The summed E-state index contributed by atoms with van der Waals surface area (Å²) < 4.78 is 10.9. The molecule has 1 aromatic carbocycles. The fourth-order valence-electron chi connectivity index (χ4n) is 4.03. The second-order valence-corrected chi connectivity index (χ2v) is 7.52. The highest BCUT2D eigenvalue weighted by molar-refractivity contribution is 5.95. The van der Waals surface area contributed by atoms with Crippen LogP contribution < -0.4 is 9.47 Å². The van der Waals surface area contributed by atoms with Gasteiger partial charge < -0.3 is 19.4 Å². The molecular weight excluding hydrogens is 316 g/mol. The molecule has 0 spiro atoms. The van der Waals surface area contributed by atoms with Gasteiger partial charge in [0.1, 0.15) is 0 Å². The molecule has 2 aliphatic heterocycles. The van der Waals surface area contributed by atoms with Crippen molar-refractivity contribution in [3.8, 4) is 11.5 Å². The van der Waals surface area contributed by atoms with E-state index in [4.69, 9.17) is 9.47 Å². The van der Waals surface area contributed by atoms with Crippen LogP contribution >= 0.6 is 0 Å². The maximum Gasteiger partial charge on any atom is 0.255 e. The maximum absolute atomic E-state index is 12.8. The lowest BCUT2D eigenvalue weighted by Gasteiger charge is -2.40. The van der Waals surface area contributed by atoms with Crippen molar-refractivity contribution in [2.45, 2.75) is 33.1 Å². The number of benzene rings is 1. The van der Waals surface area contributed by atoms with E-state index in [1.54, 1.807) is 0 Å². The standard InChI is InChI=1S/C20H24N2O3/c1-14-16(6-8-21-14)19(23)22-9-3-7-20(2,12-22)11-15-4-5-17-18(10-15)25-13-24-17/h4-6,8,10,21H,3,7,9,11-13H2,1-2H3. The molecule has 1 unspecified atom stereocenters. The van der Waals surface area contributed by atoms with Gasteiger partial charge in [-0.2, -0.15) is 0 Å². The van der Waals surface area contributed by atoms with Crippen molar-refractivity contribution in [2.24, 2.45) is 5.41 Å². The molecule has 1 saturated heterocycles. The lowest BCUT2D eigenvalue weighted by molar-refractivity contribution is 0.0550. The van der Waals surface area contributed by atoms with Crippen LogP contribution in [0, 0.1) is 12.3 Å². The van der Waals surface area contributed by atoms with Gasteiger partial charge in [-0.15, -0.1) is 0 Å². The predicted octanol–water partition coefficient (Wildman–Crippen LogP) is 3.54. The third kappa shape index (κ3) is 3.11. The van der Waals surface area contributed by atoms with Gasteiger partial charge in [0.2, 0.25) is 6.79 Å². The molecule has 2 aliphatic rings. The van der Waals surface area contributed by atoms with E-state index in [1.807, 2.05) is 30.2 Å². The Morgan fingerprint density at radius 2 is 2.12 bits per heavy atom. The van der Waals surface area contributed by atoms with E-state index < -0.39 is 0 Å². The highest BCUT2D eigenvalue weighted by Gasteiger charge is 2.34. The van der Waals surface area contributed by atoms with Crippen molar-refractivity contribution in [2.75, 3.05) is 19.9 Å². The molecule has 5 nitrogen and oxygen atoms in total. The van der Waals surface area contributed by atoms with Gasteiger partial charge >= 0.3 is 0 Å². The number of aryl methyl sites for hydroxylation is 1. The molecule has 25 heavy (non-hydrogen) atoms. The number of rotatable bonds is 3. The molecule has 0 bridgehead atoms. The summed E-state index contributed by atoms with van der Waals surface area (Å²) in [4.78, 5) is 18.0. The van der Waals surface area contributed by atoms with Crippen LogP contribution in [0.1, 0.15) is 41.4 Å². The van der Waals surface area contributed by atoms with Crippen molar-refractivity contribution in [1.29, 1.82) is 0 Å². The van der Waals surface area contributed by atoms with Gasteiger partial charge in [-0.05, 0) is 55.4 Å². The lowest BCUT2D eigenvalue weighted by Crippen LogP contribution is -2.45. The lowest BCUT2D eigenvalue weighted by atomic mass is 9.76. The number of likely N-dealkylation sites (tertiary alicyclic amines) is 1. The van der Waals surface area contributed by atoms with Crippen LogP contribution in [-0.4, -0.2) is 35.7 Å². The molecule has 1 fully saturated rings. The number of ether oxygens (including phenoxy) is 2. The van der Waals surface area contributed by atoms with Gasteiger partial charge in [0.25, 0.3) is 5.91 Å². The summed E-state index contributed by atoms with van der Waals surface area (Å²) in [5.74, 6) is 1.78. The zero-order valence-electron chi connectivity index (χ0n) is 14.8. The van der Waals surface area contributed by atoms with Gasteiger partial charge in [-0.3, -0.25) is 4.79 Å². The molecule has 3 heterocycles. The maximum atomic E-state index is 12.8. The van der Waals surface area contributed by atoms with E-state index >= 15 is 0 Å². The van der Waals surface area contributed by atoms with E-state index in [9.17, 15) is 4.79 Å². The molecule has 1 N–H and O–H groups in total. The second-order valence-electron chi connectivity index (χ2n) is 7.52. The number of aromatic amines is 1.